The largest absolute Gasteiger partial charge is 0.506 e. The van der Waals surface area contributed by atoms with Gasteiger partial charge in [0.25, 0.3) is 0 Å². The van der Waals surface area contributed by atoms with Crippen molar-refractivity contribution in [3.63, 3.8) is 0 Å². The number of aromatic hydroxyl groups is 1. The van der Waals surface area contributed by atoms with E-state index in [1.807, 2.05) is 31.0 Å². The maximum atomic E-state index is 13.8. The highest BCUT2D eigenvalue weighted by atomic mass is 19.1. The van der Waals surface area contributed by atoms with E-state index in [0.29, 0.717) is 17.8 Å². The van der Waals surface area contributed by atoms with E-state index >= 15 is 0 Å². The van der Waals surface area contributed by atoms with Crippen molar-refractivity contribution < 1.29 is 9.50 Å². The molecule has 0 aromatic heterocycles. The van der Waals surface area contributed by atoms with Crippen LogP contribution in [0.15, 0.2) is 42.5 Å². The average molecular weight is 274 g/mol. The second kappa shape index (κ2) is 5.92. The molecule has 0 aliphatic rings. The number of halogens is 1. The van der Waals surface area contributed by atoms with Crippen LogP contribution < -0.4 is 5.73 Å². The molecule has 0 spiro atoms. The number of hydrogen-bond acceptors (Lipinski definition) is 3. The summed E-state index contributed by atoms with van der Waals surface area (Å²) in [7, 11) is 1.93. The van der Waals surface area contributed by atoms with Gasteiger partial charge in [0.05, 0.1) is 5.69 Å². The quantitative estimate of drug-likeness (QED) is 0.664. The van der Waals surface area contributed by atoms with E-state index < -0.39 is 0 Å². The van der Waals surface area contributed by atoms with Crippen molar-refractivity contribution in [3.05, 3.63) is 59.4 Å². The Morgan fingerprint density at radius 2 is 1.95 bits per heavy atom. The molecule has 0 aliphatic carbocycles. The maximum Gasteiger partial charge on any atom is 0.138 e. The molecule has 106 valence electrons. The van der Waals surface area contributed by atoms with Crippen LogP contribution >= 0.6 is 0 Å². The van der Waals surface area contributed by atoms with Crippen LogP contribution in [0.25, 0.3) is 0 Å². The van der Waals surface area contributed by atoms with E-state index in [1.165, 1.54) is 6.07 Å². The van der Waals surface area contributed by atoms with Gasteiger partial charge in [-0.15, -0.1) is 0 Å². The molecule has 20 heavy (non-hydrogen) atoms. The summed E-state index contributed by atoms with van der Waals surface area (Å²) >= 11 is 0. The molecule has 1 atom stereocenters. The Hall–Kier alpha value is -2.07. The first-order valence-electron chi connectivity index (χ1n) is 6.51. The minimum absolute atomic E-state index is 0.0498. The predicted molar refractivity (Wildman–Crippen MR) is 78.8 cm³/mol. The fourth-order valence-electron chi connectivity index (χ4n) is 2.18. The summed E-state index contributed by atoms with van der Waals surface area (Å²) in [4.78, 5) is 2.03. The van der Waals surface area contributed by atoms with Gasteiger partial charge < -0.3 is 10.8 Å². The minimum atomic E-state index is -0.197. The Balaban J connectivity index is 2.13. The van der Waals surface area contributed by atoms with E-state index in [2.05, 4.69) is 0 Å². The van der Waals surface area contributed by atoms with Crippen LogP contribution in [0, 0.1) is 5.82 Å². The molecule has 3 nitrogen and oxygen atoms in total. The zero-order chi connectivity index (χ0) is 14.7. The highest BCUT2D eigenvalue weighted by Gasteiger charge is 2.15. The van der Waals surface area contributed by atoms with Crippen molar-refractivity contribution >= 4 is 5.69 Å². The normalized spacial score (nSPS) is 12.6. The van der Waals surface area contributed by atoms with Gasteiger partial charge in [0.2, 0.25) is 0 Å². The fourth-order valence-corrected chi connectivity index (χ4v) is 2.18. The van der Waals surface area contributed by atoms with Gasteiger partial charge in [-0.3, -0.25) is 4.90 Å². The van der Waals surface area contributed by atoms with Crippen LogP contribution in [-0.2, 0) is 6.54 Å². The van der Waals surface area contributed by atoms with Crippen molar-refractivity contribution in [2.75, 3.05) is 12.8 Å². The number of anilines is 1. The van der Waals surface area contributed by atoms with Crippen molar-refractivity contribution in [3.8, 4) is 5.75 Å². The summed E-state index contributed by atoms with van der Waals surface area (Å²) in [5.41, 5.74) is 7.68. The highest BCUT2D eigenvalue weighted by Crippen LogP contribution is 2.25. The van der Waals surface area contributed by atoms with Gasteiger partial charge in [0.1, 0.15) is 11.6 Å². The number of phenols is 1. The third-order valence-electron chi connectivity index (χ3n) is 3.54. The smallest absolute Gasteiger partial charge is 0.138 e. The van der Waals surface area contributed by atoms with Crippen LogP contribution in [0.1, 0.15) is 24.1 Å². The Labute approximate surface area is 118 Å². The van der Waals surface area contributed by atoms with Crippen molar-refractivity contribution in [1.29, 1.82) is 0 Å². The van der Waals surface area contributed by atoms with E-state index in [9.17, 15) is 9.50 Å². The molecule has 4 heteroatoms. The Bertz CT molecular complexity index is 601. The van der Waals surface area contributed by atoms with Crippen LogP contribution in [0.3, 0.4) is 0 Å². The number of benzene rings is 2. The molecular formula is C16H19FN2O. The second-order valence-electron chi connectivity index (χ2n) is 5.01. The highest BCUT2D eigenvalue weighted by molar-refractivity contribution is 5.53. The van der Waals surface area contributed by atoms with Gasteiger partial charge in [-0.25, -0.2) is 4.39 Å². The molecule has 0 aliphatic heterocycles. The van der Waals surface area contributed by atoms with Gasteiger partial charge in [0.15, 0.2) is 0 Å². The molecule has 3 N–H and O–H groups in total. The first-order valence-corrected chi connectivity index (χ1v) is 6.51. The third kappa shape index (κ3) is 3.08. The Morgan fingerprint density at radius 3 is 2.60 bits per heavy atom. The molecule has 2 rings (SSSR count). The summed E-state index contributed by atoms with van der Waals surface area (Å²) in [5.74, 6) is -0.115. The van der Waals surface area contributed by atoms with Crippen molar-refractivity contribution in [1.82, 2.24) is 4.90 Å². The summed E-state index contributed by atoms with van der Waals surface area (Å²) in [5, 5.41) is 9.41. The zero-order valence-corrected chi connectivity index (χ0v) is 11.7. The van der Waals surface area contributed by atoms with Crippen molar-refractivity contribution in [2.45, 2.75) is 19.5 Å². The van der Waals surface area contributed by atoms with Gasteiger partial charge in [-0.1, -0.05) is 24.3 Å². The Kier molecular flexibility index (Phi) is 4.25. The molecule has 0 saturated carbocycles. The number of rotatable bonds is 4. The van der Waals surface area contributed by atoms with Crippen LogP contribution in [0.2, 0.25) is 0 Å². The first-order chi connectivity index (χ1) is 9.49. The second-order valence-corrected chi connectivity index (χ2v) is 5.01. The van der Waals surface area contributed by atoms with E-state index in [4.69, 9.17) is 5.73 Å². The van der Waals surface area contributed by atoms with E-state index in [1.54, 1.807) is 24.3 Å². The summed E-state index contributed by atoms with van der Waals surface area (Å²) in [6.45, 7) is 2.59. The predicted octanol–water partition coefficient (Wildman–Crippen LogP) is 3.31. The average Bonchev–Trinajstić information content (AvgIpc) is 2.42. The number of nitrogen functional groups attached to an aromatic ring is 1. The van der Waals surface area contributed by atoms with Crippen molar-refractivity contribution in [2.24, 2.45) is 0 Å². The molecule has 0 heterocycles. The fraction of sp³-hybridized carbons (Fsp3) is 0.250. The number of nitrogens with two attached hydrogens (primary N) is 1. The first kappa shape index (κ1) is 14.3. The van der Waals surface area contributed by atoms with E-state index in [0.717, 1.165) is 5.56 Å². The standard InChI is InChI=1S/C16H19FN2O/c1-11(13-5-3-4-6-14(13)17)19(2)10-12-7-8-16(20)15(18)9-12/h3-9,11,20H,10,18H2,1-2H3. The van der Waals surface area contributed by atoms with Gasteiger partial charge in [-0.2, -0.15) is 0 Å². The summed E-state index contributed by atoms with van der Waals surface area (Å²) in [6, 6.07) is 11.9. The number of nitrogens with zero attached hydrogens (tertiary/aromatic N) is 1. The molecule has 0 fully saturated rings. The molecule has 1 unspecified atom stereocenters. The number of phenolic OH excluding ortho intramolecular Hbond substituents is 1. The molecule has 0 radical (unpaired) electrons. The van der Waals surface area contributed by atoms with E-state index in [-0.39, 0.29) is 17.6 Å². The van der Waals surface area contributed by atoms with Crippen LogP contribution in [0.5, 0.6) is 5.75 Å². The molecule has 0 amide bonds. The lowest BCUT2D eigenvalue weighted by molar-refractivity contribution is 0.248. The SMILES string of the molecule is CC(c1ccccc1F)N(C)Cc1ccc(O)c(N)c1. The monoisotopic (exact) mass is 274 g/mol. The molecular weight excluding hydrogens is 255 g/mol. The molecule has 2 aromatic rings. The third-order valence-corrected chi connectivity index (χ3v) is 3.54. The summed E-state index contributed by atoms with van der Waals surface area (Å²) in [6.07, 6.45) is 0. The van der Waals surface area contributed by atoms with Gasteiger partial charge in [-0.05, 0) is 37.7 Å². The minimum Gasteiger partial charge on any atom is -0.506 e. The van der Waals surface area contributed by atoms with Gasteiger partial charge in [0, 0.05) is 18.2 Å². The lowest BCUT2D eigenvalue weighted by Crippen LogP contribution is -2.22. The molecule has 2 aromatic carbocycles. The zero-order valence-electron chi connectivity index (χ0n) is 11.7. The topological polar surface area (TPSA) is 49.5 Å². The molecule has 0 saturated heterocycles. The summed E-state index contributed by atoms with van der Waals surface area (Å²) < 4.78 is 13.8. The maximum absolute atomic E-state index is 13.8. The molecule has 0 bridgehead atoms. The van der Waals surface area contributed by atoms with Crippen LogP contribution in [-0.4, -0.2) is 17.1 Å². The lowest BCUT2D eigenvalue weighted by Gasteiger charge is -2.25. The van der Waals surface area contributed by atoms with Gasteiger partial charge >= 0.3 is 0 Å². The number of hydrogen-bond donors (Lipinski definition) is 2. The Morgan fingerprint density at radius 1 is 1.25 bits per heavy atom. The lowest BCUT2D eigenvalue weighted by atomic mass is 10.1. The van der Waals surface area contributed by atoms with Crippen LogP contribution in [0.4, 0.5) is 10.1 Å².